The summed E-state index contributed by atoms with van der Waals surface area (Å²) < 4.78 is 18.5. The first-order valence-electron chi connectivity index (χ1n) is 10.7. The number of benzene rings is 2. The van der Waals surface area contributed by atoms with Crippen LogP contribution in [0.3, 0.4) is 0 Å². The van der Waals surface area contributed by atoms with Gasteiger partial charge in [0.15, 0.2) is 17.3 Å². The standard InChI is InChI=1S/C26H31NO4/c1-8-18-12-16-11-15(9-10-19(16)27(18)4)22-23(26(22,2)3)24(28)17-13-20(29-5)25(31-7)21(14-17)30-6/h9-14,22-23H,8H2,1-7H3. The maximum absolute atomic E-state index is 13.6. The minimum absolute atomic E-state index is 0.0953. The van der Waals surface area contributed by atoms with E-state index in [1.165, 1.54) is 22.2 Å². The van der Waals surface area contributed by atoms with Gasteiger partial charge in [0.2, 0.25) is 5.75 Å². The molecule has 5 heteroatoms. The SMILES string of the molecule is CCc1cc2cc(C3C(C(=O)c4cc(OC)c(OC)c(OC)c4)C3(C)C)ccc2n1C. The van der Waals surface area contributed by atoms with Gasteiger partial charge in [-0.15, -0.1) is 0 Å². The number of methoxy groups -OCH3 is 3. The molecule has 1 aliphatic rings. The smallest absolute Gasteiger partial charge is 0.203 e. The van der Waals surface area contributed by atoms with Gasteiger partial charge in [0.05, 0.1) is 21.3 Å². The van der Waals surface area contributed by atoms with E-state index in [-0.39, 0.29) is 23.0 Å². The molecule has 1 heterocycles. The van der Waals surface area contributed by atoms with Crippen molar-refractivity contribution in [2.24, 2.45) is 18.4 Å². The maximum Gasteiger partial charge on any atom is 0.203 e. The number of hydrogen-bond donors (Lipinski definition) is 0. The zero-order valence-electron chi connectivity index (χ0n) is 19.4. The van der Waals surface area contributed by atoms with Crippen LogP contribution in [-0.4, -0.2) is 31.7 Å². The third-order valence-corrected chi connectivity index (χ3v) is 6.95. The highest BCUT2D eigenvalue weighted by molar-refractivity contribution is 6.02. The van der Waals surface area contributed by atoms with Crippen LogP contribution in [0, 0.1) is 11.3 Å². The van der Waals surface area contributed by atoms with Crippen LogP contribution in [0.25, 0.3) is 10.9 Å². The van der Waals surface area contributed by atoms with Crippen LogP contribution in [-0.2, 0) is 13.5 Å². The van der Waals surface area contributed by atoms with E-state index in [1.54, 1.807) is 33.5 Å². The minimum Gasteiger partial charge on any atom is -0.493 e. The topological polar surface area (TPSA) is 49.7 Å². The second-order valence-corrected chi connectivity index (χ2v) is 8.92. The summed E-state index contributed by atoms with van der Waals surface area (Å²) >= 11 is 0. The highest BCUT2D eigenvalue weighted by Crippen LogP contribution is 2.65. The summed E-state index contributed by atoms with van der Waals surface area (Å²) in [7, 11) is 6.80. The third-order valence-electron chi connectivity index (χ3n) is 6.95. The third kappa shape index (κ3) is 3.27. The fourth-order valence-electron chi connectivity index (χ4n) is 5.11. The summed E-state index contributed by atoms with van der Waals surface area (Å²) in [4.78, 5) is 13.6. The van der Waals surface area contributed by atoms with Gasteiger partial charge >= 0.3 is 0 Å². The molecule has 1 aliphatic carbocycles. The number of rotatable bonds is 7. The van der Waals surface area contributed by atoms with E-state index in [0.29, 0.717) is 22.8 Å². The number of carbonyl (C=O) groups is 1. The molecule has 164 valence electrons. The van der Waals surface area contributed by atoms with E-state index < -0.39 is 0 Å². The number of aromatic nitrogens is 1. The first-order valence-corrected chi connectivity index (χ1v) is 10.7. The molecule has 5 nitrogen and oxygen atoms in total. The second-order valence-electron chi connectivity index (χ2n) is 8.92. The predicted octanol–water partition coefficient (Wildman–Crippen LogP) is 5.39. The Morgan fingerprint density at radius 1 is 1.00 bits per heavy atom. The molecule has 1 aromatic heterocycles. The van der Waals surface area contributed by atoms with E-state index >= 15 is 0 Å². The Morgan fingerprint density at radius 2 is 1.65 bits per heavy atom. The number of ketones is 1. The van der Waals surface area contributed by atoms with E-state index in [2.05, 4.69) is 56.7 Å². The average molecular weight is 422 g/mol. The summed E-state index contributed by atoms with van der Waals surface area (Å²) in [5.74, 6) is 1.68. The van der Waals surface area contributed by atoms with Crippen molar-refractivity contribution in [1.29, 1.82) is 0 Å². The van der Waals surface area contributed by atoms with Crippen LogP contribution in [0.5, 0.6) is 17.2 Å². The quantitative estimate of drug-likeness (QED) is 0.480. The van der Waals surface area contributed by atoms with E-state index in [1.807, 2.05) is 0 Å². The molecule has 31 heavy (non-hydrogen) atoms. The molecule has 4 rings (SSSR count). The normalized spacial score (nSPS) is 19.3. The van der Waals surface area contributed by atoms with Crippen LogP contribution >= 0.6 is 0 Å². The van der Waals surface area contributed by atoms with Gasteiger partial charge in [-0.1, -0.05) is 26.8 Å². The lowest BCUT2D eigenvalue weighted by Gasteiger charge is -2.14. The van der Waals surface area contributed by atoms with Crippen molar-refractivity contribution in [3.05, 3.63) is 53.2 Å². The lowest BCUT2D eigenvalue weighted by molar-refractivity contribution is 0.0951. The van der Waals surface area contributed by atoms with Gasteiger partial charge in [-0.25, -0.2) is 0 Å². The van der Waals surface area contributed by atoms with E-state index in [9.17, 15) is 4.79 Å². The molecule has 1 fully saturated rings. The van der Waals surface area contributed by atoms with Crippen molar-refractivity contribution in [2.45, 2.75) is 33.1 Å². The van der Waals surface area contributed by atoms with Crippen LogP contribution < -0.4 is 14.2 Å². The fourth-order valence-corrected chi connectivity index (χ4v) is 5.11. The molecular formula is C26H31NO4. The molecular weight excluding hydrogens is 390 g/mol. The summed E-state index contributed by atoms with van der Waals surface area (Å²) in [6, 6.07) is 12.4. The second kappa shape index (κ2) is 7.63. The summed E-state index contributed by atoms with van der Waals surface area (Å²) in [6.45, 7) is 6.51. The van der Waals surface area contributed by atoms with Crippen molar-refractivity contribution in [3.8, 4) is 17.2 Å². The lowest BCUT2D eigenvalue weighted by Crippen LogP contribution is -2.08. The average Bonchev–Trinajstić information content (AvgIpc) is 3.21. The number of hydrogen-bond acceptors (Lipinski definition) is 4. The molecule has 2 atom stereocenters. The number of nitrogens with zero attached hydrogens (tertiary/aromatic N) is 1. The van der Waals surface area contributed by atoms with Gasteiger partial charge in [-0.3, -0.25) is 4.79 Å². The molecule has 0 bridgehead atoms. The molecule has 0 N–H and O–H groups in total. The number of Topliss-reactive ketones (excluding diaryl/α,β-unsaturated/α-hetero) is 1. The monoisotopic (exact) mass is 421 g/mol. The predicted molar refractivity (Wildman–Crippen MR) is 123 cm³/mol. The highest BCUT2D eigenvalue weighted by atomic mass is 16.5. The molecule has 1 saturated carbocycles. The molecule has 2 unspecified atom stereocenters. The molecule has 3 aromatic rings. The Hall–Kier alpha value is -2.95. The Balaban J connectivity index is 1.70. The molecule has 0 aliphatic heterocycles. The van der Waals surface area contributed by atoms with Crippen molar-refractivity contribution < 1.29 is 19.0 Å². The first-order chi connectivity index (χ1) is 14.8. The first kappa shape index (κ1) is 21.3. The van der Waals surface area contributed by atoms with E-state index in [4.69, 9.17) is 14.2 Å². The Labute approximate surface area is 183 Å². The molecule has 0 radical (unpaired) electrons. The van der Waals surface area contributed by atoms with Gasteiger partial charge < -0.3 is 18.8 Å². The van der Waals surface area contributed by atoms with E-state index in [0.717, 1.165) is 6.42 Å². The van der Waals surface area contributed by atoms with Crippen molar-refractivity contribution in [2.75, 3.05) is 21.3 Å². The lowest BCUT2D eigenvalue weighted by atomic mass is 10.0. The largest absolute Gasteiger partial charge is 0.493 e. The number of aryl methyl sites for hydroxylation is 2. The van der Waals surface area contributed by atoms with Crippen molar-refractivity contribution >= 4 is 16.7 Å². The maximum atomic E-state index is 13.6. The van der Waals surface area contributed by atoms with Crippen LogP contribution in [0.15, 0.2) is 36.4 Å². The summed E-state index contributed by atoms with van der Waals surface area (Å²) in [5, 5.41) is 1.23. The van der Waals surface area contributed by atoms with Crippen LogP contribution in [0.1, 0.15) is 48.3 Å². The van der Waals surface area contributed by atoms with Gasteiger partial charge in [-0.05, 0) is 47.7 Å². The van der Waals surface area contributed by atoms with Crippen molar-refractivity contribution in [1.82, 2.24) is 4.57 Å². The summed E-state index contributed by atoms with van der Waals surface area (Å²) in [6.07, 6.45) is 0.998. The molecule has 2 aromatic carbocycles. The van der Waals surface area contributed by atoms with Gasteiger partial charge in [-0.2, -0.15) is 0 Å². The van der Waals surface area contributed by atoms with Crippen LogP contribution in [0.2, 0.25) is 0 Å². The molecule has 0 saturated heterocycles. The van der Waals surface area contributed by atoms with Gasteiger partial charge in [0, 0.05) is 41.0 Å². The molecule has 0 amide bonds. The summed E-state index contributed by atoms with van der Waals surface area (Å²) in [5.41, 5.74) is 4.23. The minimum atomic E-state index is -0.118. The number of fused-ring (bicyclic) bond motifs is 1. The van der Waals surface area contributed by atoms with Crippen LogP contribution in [0.4, 0.5) is 0 Å². The highest BCUT2D eigenvalue weighted by Gasteiger charge is 2.62. The fraction of sp³-hybridized carbons (Fsp3) is 0.423. The zero-order valence-corrected chi connectivity index (χ0v) is 19.4. The number of ether oxygens (including phenoxy) is 3. The number of carbonyl (C=O) groups excluding carboxylic acids is 1. The zero-order chi connectivity index (χ0) is 22.5. The van der Waals surface area contributed by atoms with Gasteiger partial charge in [0.1, 0.15) is 0 Å². The Morgan fingerprint density at radius 3 is 2.19 bits per heavy atom. The Bertz CT molecular complexity index is 1130. The Kier molecular flexibility index (Phi) is 5.24. The van der Waals surface area contributed by atoms with Crippen molar-refractivity contribution in [3.63, 3.8) is 0 Å². The molecule has 0 spiro atoms. The van der Waals surface area contributed by atoms with Gasteiger partial charge in [0.25, 0.3) is 0 Å².